The van der Waals surface area contributed by atoms with Crippen molar-refractivity contribution in [3.63, 3.8) is 0 Å². The molecule has 0 saturated carbocycles. The normalized spacial score (nSPS) is 11.9. The fourth-order valence-electron chi connectivity index (χ4n) is 1.60. The van der Waals surface area contributed by atoms with E-state index in [1.165, 1.54) is 13.8 Å². The number of esters is 1. The van der Waals surface area contributed by atoms with Crippen LogP contribution in [0.2, 0.25) is 0 Å². The van der Waals surface area contributed by atoms with Crippen molar-refractivity contribution in [2.24, 2.45) is 0 Å². The van der Waals surface area contributed by atoms with Crippen LogP contribution in [-0.4, -0.2) is 29.2 Å². The summed E-state index contributed by atoms with van der Waals surface area (Å²) in [4.78, 5) is 33.1. The third-order valence-corrected chi connectivity index (χ3v) is 2.34. The van der Waals surface area contributed by atoms with Gasteiger partial charge in [-0.15, -0.1) is 0 Å². The van der Waals surface area contributed by atoms with Crippen molar-refractivity contribution in [1.82, 2.24) is 0 Å². The predicted molar refractivity (Wildman–Crippen MR) is 62.6 cm³/mol. The van der Waals surface area contributed by atoms with Crippen molar-refractivity contribution in [2.45, 2.75) is 19.8 Å². The van der Waals surface area contributed by atoms with E-state index in [1.54, 1.807) is 0 Å². The molecule has 0 aliphatic rings. The topological polar surface area (TPSA) is 120 Å². The third kappa shape index (κ3) is 3.54. The Bertz CT molecular complexity index is 548. The lowest BCUT2D eigenvalue weighted by atomic mass is 10.00. The molecule has 8 heteroatoms. The van der Waals surface area contributed by atoms with Gasteiger partial charge < -0.3 is 14.3 Å². The number of aromatic hydroxyl groups is 1. The third-order valence-electron chi connectivity index (χ3n) is 2.34. The molecule has 0 aliphatic heterocycles. The van der Waals surface area contributed by atoms with Crippen LogP contribution in [0, 0.1) is 17.0 Å². The van der Waals surface area contributed by atoms with Gasteiger partial charge in [0.2, 0.25) is 6.54 Å². The Morgan fingerprint density at radius 1 is 1.63 bits per heavy atom. The number of hydrogen-bond acceptors (Lipinski definition) is 7. The number of carbonyl (C=O) groups is 1. The molecule has 1 N–H and O–H groups in total. The molecule has 1 heterocycles. The van der Waals surface area contributed by atoms with Crippen molar-refractivity contribution < 1.29 is 24.0 Å². The van der Waals surface area contributed by atoms with Crippen molar-refractivity contribution in [2.75, 3.05) is 13.2 Å². The van der Waals surface area contributed by atoms with E-state index in [0.29, 0.717) is 0 Å². The molecular formula is C11H13NO7. The van der Waals surface area contributed by atoms with Gasteiger partial charge in [0.15, 0.2) is 5.92 Å². The van der Waals surface area contributed by atoms with Crippen LogP contribution in [0.1, 0.15) is 24.2 Å². The molecule has 1 aromatic rings. The van der Waals surface area contributed by atoms with Gasteiger partial charge in [0.1, 0.15) is 17.1 Å². The van der Waals surface area contributed by atoms with E-state index in [0.717, 1.165) is 6.07 Å². The molecule has 1 aromatic heterocycles. The lowest BCUT2D eigenvalue weighted by Gasteiger charge is -2.12. The summed E-state index contributed by atoms with van der Waals surface area (Å²) >= 11 is 0. The molecule has 0 spiro atoms. The van der Waals surface area contributed by atoms with Gasteiger partial charge in [0.25, 0.3) is 0 Å². The SMILES string of the molecule is CCOC(=O)C(C[N+](=O)[O-])c1c(O)cc(C)oc1=O. The number of rotatable bonds is 5. The van der Waals surface area contributed by atoms with Crippen LogP contribution < -0.4 is 5.63 Å². The molecule has 0 radical (unpaired) electrons. The largest absolute Gasteiger partial charge is 0.507 e. The van der Waals surface area contributed by atoms with Crippen LogP contribution in [0.4, 0.5) is 0 Å². The highest BCUT2D eigenvalue weighted by Gasteiger charge is 2.33. The molecule has 1 atom stereocenters. The first-order valence-corrected chi connectivity index (χ1v) is 5.48. The zero-order valence-electron chi connectivity index (χ0n) is 10.4. The van der Waals surface area contributed by atoms with Gasteiger partial charge in [-0.05, 0) is 13.8 Å². The minimum Gasteiger partial charge on any atom is -0.507 e. The standard InChI is InChI=1S/C11H13NO7/c1-3-18-10(14)7(5-12(16)17)9-8(13)4-6(2)19-11(9)15/h4,7,13H,3,5H2,1-2H3. The second kappa shape index (κ2) is 5.98. The molecule has 1 rings (SSSR count). The molecule has 0 saturated heterocycles. The zero-order chi connectivity index (χ0) is 14.6. The number of hydrogen-bond donors (Lipinski definition) is 1. The maximum absolute atomic E-state index is 11.7. The number of aryl methyl sites for hydroxylation is 1. The van der Waals surface area contributed by atoms with Crippen molar-refractivity contribution >= 4 is 5.97 Å². The van der Waals surface area contributed by atoms with Gasteiger partial charge >= 0.3 is 11.6 Å². The fourth-order valence-corrected chi connectivity index (χ4v) is 1.60. The lowest BCUT2D eigenvalue weighted by Crippen LogP contribution is -2.28. The maximum Gasteiger partial charge on any atom is 0.344 e. The summed E-state index contributed by atoms with van der Waals surface area (Å²) in [7, 11) is 0. The molecule has 1 unspecified atom stereocenters. The van der Waals surface area contributed by atoms with Gasteiger partial charge in [-0.3, -0.25) is 14.9 Å². The van der Waals surface area contributed by atoms with E-state index in [2.05, 4.69) is 4.74 Å². The van der Waals surface area contributed by atoms with E-state index >= 15 is 0 Å². The van der Waals surface area contributed by atoms with E-state index in [-0.39, 0.29) is 12.4 Å². The Labute approximate surface area is 107 Å². The van der Waals surface area contributed by atoms with Crippen molar-refractivity contribution in [3.05, 3.63) is 37.9 Å². The van der Waals surface area contributed by atoms with Gasteiger partial charge in [-0.1, -0.05) is 0 Å². The minimum absolute atomic E-state index is 0.00496. The predicted octanol–water partition coefficient (Wildman–Crippen LogP) is 0.577. The van der Waals surface area contributed by atoms with E-state index < -0.39 is 40.3 Å². The summed E-state index contributed by atoms with van der Waals surface area (Å²) < 4.78 is 9.40. The summed E-state index contributed by atoms with van der Waals surface area (Å²) in [5.41, 5.74) is -1.45. The average molecular weight is 271 g/mol. The molecule has 0 fully saturated rings. The van der Waals surface area contributed by atoms with Crippen LogP contribution in [0.3, 0.4) is 0 Å². The van der Waals surface area contributed by atoms with Crippen molar-refractivity contribution in [3.8, 4) is 5.75 Å². The van der Waals surface area contributed by atoms with Crippen LogP contribution in [0.5, 0.6) is 5.75 Å². The zero-order valence-corrected chi connectivity index (χ0v) is 10.4. The second-order valence-corrected chi connectivity index (χ2v) is 3.76. The number of carbonyl (C=O) groups excluding carboxylic acids is 1. The highest BCUT2D eigenvalue weighted by Crippen LogP contribution is 2.24. The maximum atomic E-state index is 11.7. The fraction of sp³-hybridized carbons (Fsp3) is 0.455. The molecule has 104 valence electrons. The van der Waals surface area contributed by atoms with Gasteiger partial charge in [0, 0.05) is 11.0 Å². The Balaban J connectivity index is 3.28. The van der Waals surface area contributed by atoms with Gasteiger partial charge in [-0.25, -0.2) is 4.79 Å². The average Bonchev–Trinajstić information content (AvgIpc) is 2.26. The summed E-state index contributed by atoms with van der Waals surface area (Å²) in [6.07, 6.45) is 0. The Morgan fingerprint density at radius 3 is 2.74 bits per heavy atom. The first-order chi connectivity index (χ1) is 8.86. The summed E-state index contributed by atoms with van der Waals surface area (Å²) in [6, 6.07) is 1.11. The molecule has 0 amide bonds. The first-order valence-electron chi connectivity index (χ1n) is 5.48. The highest BCUT2D eigenvalue weighted by molar-refractivity contribution is 5.79. The molecule has 0 aliphatic carbocycles. The van der Waals surface area contributed by atoms with Crippen LogP contribution in [-0.2, 0) is 9.53 Å². The molecule has 8 nitrogen and oxygen atoms in total. The Hall–Kier alpha value is -2.38. The number of nitrogens with zero attached hydrogens (tertiary/aromatic N) is 1. The highest BCUT2D eigenvalue weighted by atomic mass is 16.6. The van der Waals surface area contributed by atoms with E-state index in [1.807, 2.05) is 0 Å². The van der Waals surface area contributed by atoms with E-state index in [9.17, 15) is 24.8 Å². The van der Waals surface area contributed by atoms with Crippen LogP contribution in [0.25, 0.3) is 0 Å². The lowest BCUT2D eigenvalue weighted by molar-refractivity contribution is -0.481. The van der Waals surface area contributed by atoms with E-state index in [4.69, 9.17) is 4.42 Å². The number of nitro groups is 1. The van der Waals surface area contributed by atoms with Crippen LogP contribution in [0.15, 0.2) is 15.3 Å². The Morgan fingerprint density at radius 2 is 2.26 bits per heavy atom. The van der Waals surface area contributed by atoms with Gasteiger partial charge in [-0.2, -0.15) is 0 Å². The Kier molecular flexibility index (Phi) is 4.62. The molecular weight excluding hydrogens is 258 g/mol. The van der Waals surface area contributed by atoms with Crippen LogP contribution >= 0.6 is 0 Å². The smallest absolute Gasteiger partial charge is 0.344 e. The summed E-state index contributed by atoms with van der Waals surface area (Å²) in [6.45, 7) is 2.10. The molecule has 0 aromatic carbocycles. The number of ether oxygens (including phenoxy) is 1. The van der Waals surface area contributed by atoms with Crippen molar-refractivity contribution in [1.29, 1.82) is 0 Å². The summed E-state index contributed by atoms with van der Waals surface area (Å²) in [5.74, 6) is -2.83. The second-order valence-electron chi connectivity index (χ2n) is 3.76. The first kappa shape index (κ1) is 14.7. The monoisotopic (exact) mass is 271 g/mol. The quantitative estimate of drug-likeness (QED) is 0.472. The summed E-state index contributed by atoms with van der Waals surface area (Å²) in [5, 5.41) is 20.2. The van der Waals surface area contributed by atoms with Gasteiger partial charge in [0.05, 0.1) is 6.61 Å². The minimum atomic E-state index is -1.49. The molecule has 19 heavy (non-hydrogen) atoms. The molecule has 0 bridgehead atoms.